The van der Waals surface area contributed by atoms with E-state index in [-0.39, 0.29) is 5.69 Å². The van der Waals surface area contributed by atoms with Crippen molar-refractivity contribution < 1.29 is 29.5 Å². The summed E-state index contributed by atoms with van der Waals surface area (Å²) in [6, 6.07) is 9.39. The summed E-state index contributed by atoms with van der Waals surface area (Å²) in [4.78, 5) is 26.4. The summed E-state index contributed by atoms with van der Waals surface area (Å²) in [5, 5.41) is 38.7. The van der Waals surface area contributed by atoms with Gasteiger partial charge in [0.1, 0.15) is 12.0 Å². The van der Waals surface area contributed by atoms with Gasteiger partial charge in [-0.15, -0.1) is 4.73 Å². The van der Waals surface area contributed by atoms with Crippen molar-refractivity contribution in [3.8, 4) is 17.8 Å². The molecule has 10 nitrogen and oxygen atoms in total. The molecule has 0 saturated heterocycles. The van der Waals surface area contributed by atoms with Crippen LogP contribution >= 0.6 is 0 Å². The van der Waals surface area contributed by atoms with E-state index in [1.165, 1.54) is 31.2 Å². The highest BCUT2D eigenvalue weighted by Gasteiger charge is 2.25. The molecule has 0 radical (unpaired) electrons. The van der Waals surface area contributed by atoms with Crippen LogP contribution in [-0.2, 0) is 4.74 Å². The lowest BCUT2D eigenvalue weighted by molar-refractivity contribution is -0.384. The van der Waals surface area contributed by atoms with E-state index in [2.05, 4.69) is 4.84 Å². The molecule has 0 aliphatic carbocycles. The minimum atomic E-state index is -1.25. The highest BCUT2D eigenvalue weighted by Crippen LogP contribution is 2.24. The third-order valence-corrected chi connectivity index (χ3v) is 3.32. The molecule has 1 aromatic carbocycles. The average Bonchev–Trinajstić information content (AvgIpc) is 2.88. The van der Waals surface area contributed by atoms with Crippen molar-refractivity contribution in [1.29, 1.82) is 5.26 Å². The monoisotopic (exact) mass is 347 g/mol. The number of non-ortho nitro benzene ring substituents is 1. The number of ether oxygens (including phenoxy) is 1. The molecule has 0 saturated carbocycles. The fraction of sp³-hybridized carbons (Fsp3) is 0.200. The standard InChI is InChI=1S/C15H13N3O7/c1-9(24-15(21)25-17-13(19)6-7-14(17)20)12(8-16)10-2-4-11(5-3-10)18(22)23/h2-7,9,12,19-20H,1H3. The number of carbonyl (C=O) groups is 1. The summed E-state index contributed by atoms with van der Waals surface area (Å²) < 4.78 is 5.40. The quantitative estimate of drug-likeness (QED) is 0.474. The molecule has 0 aliphatic heterocycles. The number of rotatable bonds is 5. The van der Waals surface area contributed by atoms with E-state index < -0.39 is 34.9 Å². The SMILES string of the molecule is CC(OC(=O)On1c(O)ccc1O)C(C#N)c1ccc([N+](=O)[O-])cc1. The molecular formula is C15H13N3O7. The Labute approximate surface area is 141 Å². The summed E-state index contributed by atoms with van der Waals surface area (Å²) in [6.45, 7) is 1.44. The lowest BCUT2D eigenvalue weighted by Crippen LogP contribution is -2.27. The molecule has 1 aromatic heterocycles. The van der Waals surface area contributed by atoms with Crippen LogP contribution in [0.15, 0.2) is 36.4 Å². The van der Waals surface area contributed by atoms with Crippen LogP contribution < -0.4 is 4.84 Å². The fourth-order valence-electron chi connectivity index (χ4n) is 2.07. The van der Waals surface area contributed by atoms with Crippen LogP contribution in [0.5, 0.6) is 11.8 Å². The number of nitro groups is 1. The largest absolute Gasteiger partial charge is 0.534 e. The number of carbonyl (C=O) groups excluding carboxylic acids is 1. The van der Waals surface area contributed by atoms with Crippen molar-refractivity contribution in [3.63, 3.8) is 0 Å². The first-order valence-electron chi connectivity index (χ1n) is 6.96. The van der Waals surface area contributed by atoms with Gasteiger partial charge in [-0.3, -0.25) is 15.0 Å². The Morgan fingerprint density at radius 2 is 1.80 bits per heavy atom. The van der Waals surface area contributed by atoms with E-state index in [0.29, 0.717) is 10.3 Å². The van der Waals surface area contributed by atoms with Crippen molar-refractivity contribution in [2.75, 3.05) is 0 Å². The molecule has 0 bridgehead atoms. The number of hydrogen-bond donors (Lipinski definition) is 2. The average molecular weight is 347 g/mol. The Bertz CT molecular complexity index is 803. The Balaban J connectivity index is 2.07. The first kappa shape index (κ1) is 17.6. The zero-order valence-corrected chi connectivity index (χ0v) is 12.9. The lowest BCUT2D eigenvalue weighted by atomic mass is 9.95. The van der Waals surface area contributed by atoms with Gasteiger partial charge in [0.05, 0.1) is 11.0 Å². The first-order valence-corrected chi connectivity index (χ1v) is 6.96. The second-order valence-corrected chi connectivity index (χ2v) is 4.96. The third-order valence-electron chi connectivity index (χ3n) is 3.32. The van der Waals surface area contributed by atoms with Crippen LogP contribution in [0.2, 0.25) is 0 Å². The van der Waals surface area contributed by atoms with Crippen LogP contribution in [0, 0.1) is 21.4 Å². The van der Waals surface area contributed by atoms with Gasteiger partial charge in [-0.25, -0.2) is 4.79 Å². The predicted molar refractivity (Wildman–Crippen MR) is 81.7 cm³/mol. The summed E-state index contributed by atoms with van der Waals surface area (Å²) in [5.74, 6) is -1.94. The number of nitrogens with zero attached hydrogens (tertiary/aromatic N) is 3. The van der Waals surface area contributed by atoms with Gasteiger partial charge in [-0.1, -0.05) is 12.1 Å². The van der Waals surface area contributed by atoms with E-state index in [1.807, 2.05) is 6.07 Å². The Hall–Kier alpha value is -3.74. The maximum atomic E-state index is 11.7. The number of nitro benzene ring substituents is 1. The van der Waals surface area contributed by atoms with Crippen molar-refractivity contribution >= 4 is 11.8 Å². The number of nitriles is 1. The second kappa shape index (κ2) is 7.22. The Morgan fingerprint density at radius 3 is 2.28 bits per heavy atom. The highest BCUT2D eigenvalue weighted by molar-refractivity contribution is 5.61. The van der Waals surface area contributed by atoms with E-state index >= 15 is 0 Å². The number of aromatic hydroxyl groups is 2. The maximum absolute atomic E-state index is 11.7. The molecule has 1 heterocycles. The molecular weight excluding hydrogens is 334 g/mol. The van der Waals surface area contributed by atoms with Crippen LogP contribution in [0.25, 0.3) is 0 Å². The zero-order valence-electron chi connectivity index (χ0n) is 12.9. The third kappa shape index (κ3) is 3.97. The molecule has 130 valence electrons. The smallest absolute Gasteiger partial charge is 0.492 e. The van der Waals surface area contributed by atoms with Crippen molar-refractivity contribution in [2.24, 2.45) is 0 Å². The minimum absolute atomic E-state index is 0.132. The molecule has 2 N–H and O–H groups in total. The lowest BCUT2D eigenvalue weighted by Gasteiger charge is -2.18. The predicted octanol–water partition coefficient (Wildman–Crippen LogP) is 2.07. The Morgan fingerprint density at radius 1 is 1.24 bits per heavy atom. The summed E-state index contributed by atoms with van der Waals surface area (Å²) in [7, 11) is 0. The van der Waals surface area contributed by atoms with Gasteiger partial charge in [0.2, 0.25) is 11.8 Å². The molecule has 2 rings (SSSR count). The van der Waals surface area contributed by atoms with Crippen LogP contribution in [0.4, 0.5) is 10.5 Å². The minimum Gasteiger partial charge on any atom is -0.492 e. The highest BCUT2D eigenvalue weighted by atomic mass is 16.8. The maximum Gasteiger partial charge on any atom is 0.534 e. The molecule has 2 atom stereocenters. The van der Waals surface area contributed by atoms with E-state index in [4.69, 9.17) is 4.74 Å². The van der Waals surface area contributed by atoms with Crippen molar-refractivity contribution in [3.05, 3.63) is 52.1 Å². The molecule has 0 spiro atoms. The van der Waals surface area contributed by atoms with Gasteiger partial charge in [-0.2, -0.15) is 5.26 Å². The first-order chi connectivity index (χ1) is 11.8. The van der Waals surface area contributed by atoms with Gasteiger partial charge >= 0.3 is 6.16 Å². The molecule has 0 amide bonds. The number of aromatic nitrogens is 1. The molecule has 2 aromatic rings. The topological polar surface area (TPSA) is 148 Å². The molecule has 10 heteroatoms. The van der Waals surface area contributed by atoms with Crippen LogP contribution in [0.1, 0.15) is 18.4 Å². The van der Waals surface area contributed by atoms with Crippen molar-refractivity contribution in [1.82, 2.24) is 4.73 Å². The Kier molecular flexibility index (Phi) is 5.09. The van der Waals surface area contributed by atoms with Gasteiger partial charge in [-0.05, 0) is 12.5 Å². The second-order valence-electron chi connectivity index (χ2n) is 4.96. The summed E-state index contributed by atoms with van der Waals surface area (Å²) in [6.07, 6.45) is -2.21. The van der Waals surface area contributed by atoms with Gasteiger partial charge in [0.15, 0.2) is 0 Å². The van der Waals surface area contributed by atoms with Gasteiger partial charge in [0.25, 0.3) is 5.69 Å². The van der Waals surface area contributed by atoms with E-state index in [1.54, 1.807) is 0 Å². The summed E-state index contributed by atoms with van der Waals surface area (Å²) in [5.41, 5.74) is 0.284. The van der Waals surface area contributed by atoms with Crippen LogP contribution in [0.3, 0.4) is 0 Å². The van der Waals surface area contributed by atoms with Crippen molar-refractivity contribution in [2.45, 2.75) is 18.9 Å². The summed E-state index contributed by atoms with van der Waals surface area (Å²) >= 11 is 0. The molecule has 0 fully saturated rings. The molecule has 25 heavy (non-hydrogen) atoms. The fourth-order valence-corrected chi connectivity index (χ4v) is 2.07. The number of hydrogen-bond acceptors (Lipinski definition) is 8. The molecule has 2 unspecified atom stereocenters. The van der Waals surface area contributed by atoms with E-state index in [0.717, 1.165) is 12.1 Å². The van der Waals surface area contributed by atoms with Crippen LogP contribution in [-0.4, -0.2) is 32.1 Å². The molecule has 0 aliphatic rings. The van der Waals surface area contributed by atoms with E-state index in [9.17, 15) is 30.4 Å². The number of benzene rings is 1. The normalized spacial score (nSPS) is 12.6. The van der Waals surface area contributed by atoms with Gasteiger partial charge in [0, 0.05) is 24.3 Å². The van der Waals surface area contributed by atoms with Gasteiger partial charge < -0.3 is 14.9 Å². The zero-order chi connectivity index (χ0) is 18.6.